The summed E-state index contributed by atoms with van der Waals surface area (Å²) >= 11 is 0. The second-order valence-corrected chi connectivity index (χ2v) is 11.4. The van der Waals surface area contributed by atoms with Crippen molar-refractivity contribution in [1.29, 1.82) is 0 Å². The van der Waals surface area contributed by atoms with Gasteiger partial charge in [-0.2, -0.15) is 10.2 Å². The molecule has 2 N–H and O–H groups in total. The molecule has 1 aliphatic heterocycles. The summed E-state index contributed by atoms with van der Waals surface area (Å²) in [6.45, 7) is 11.3. The molecule has 1 saturated heterocycles. The third-order valence-corrected chi connectivity index (χ3v) is 8.45. The van der Waals surface area contributed by atoms with E-state index in [4.69, 9.17) is 14.2 Å². The second-order valence-electron chi connectivity index (χ2n) is 11.4. The Labute approximate surface area is 269 Å². The monoisotopic (exact) mass is 634 g/mol. The minimum absolute atomic E-state index is 0.271. The number of aryl methyl sites for hydroxylation is 2. The van der Waals surface area contributed by atoms with Crippen molar-refractivity contribution < 1.29 is 23.8 Å². The first-order valence-corrected chi connectivity index (χ1v) is 16.6. The first-order valence-electron chi connectivity index (χ1n) is 16.6. The molecule has 4 aromatic heterocycles. The van der Waals surface area contributed by atoms with Gasteiger partial charge in [0, 0.05) is 50.8 Å². The second kappa shape index (κ2) is 15.8. The molecule has 13 nitrogen and oxygen atoms in total. The molecule has 13 heteroatoms. The van der Waals surface area contributed by atoms with Crippen molar-refractivity contribution in [3.05, 3.63) is 35.9 Å². The molecule has 1 saturated carbocycles. The highest BCUT2D eigenvalue weighted by Crippen LogP contribution is 2.31. The van der Waals surface area contributed by atoms with Crippen LogP contribution in [0.2, 0.25) is 0 Å². The zero-order valence-corrected chi connectivity index (χ0v) is 27.4. The molecule has 0 bridgehead atoms. The van der Waals surface area contributed by atoms with Crippen LogP contribution in [0.4, 0.5) is 11.4 Å². The number of anilines is 2. The molecular formula is C33H46N8O5. The van der Waals surface area contributed by atoms with E-state index in [1.165, 1.54) is 19.3 Å². The van der Waals surface area contributed by atoms with Crippen molar-refractivity contribution in [3.8, 4) is 0 Å². The lowest BCUT2D eigenvalue weighted by Crippen LogP contribution is -2.29. The molecular weight excluding hydrogens is 588 g/mol. The Balaban J connectivity index is 0.000000181. The van der Waals surface area contributed by atoms with E-state index >= 15 is 0 Å². The first-order chi connectivity index (χ1) is 22.5. The van der Waals surface area contributed by atoms with E-state index in [1.807, 2.05) is 30.1 Å². The topological polar surface area (TPSA) is 147 Å². The predicted molar refractivity (Wildman–Crippen MR) is 176 cm³/mol. The zero-order chi connectivity index (χ0) is 32.5. The van der Waals surface area contributed by atoms with Crippen molar-refractivity contribution in [2.24, 2.45) is 0 Å². The molecule has 2 fully saturated rings. The highest BCUT2D eigenvalue weighted by molar-refractivity contribution is 6.05. The van der Waals surface area contributed by atoms with Gasteiger partial charge in [0.15, 0.2) is 11.3 Å². The van der Waals surface area contributed by atoms with Gasteiger partial charge in [-0.1, -0.05) is 19.3 Å². The Morgan fingerprint density at radius 1 is 0.717 bits per heavy atom. The molecule has 0 spiro atoms. The van der Waals surface area contributed by atoms with Gasteiger partial charge in [-0.25, -0.2) is 28.9 Å². The maximum Gasteiger partial charge on any atom is 0.341 e. The zero-order valence-electron chi connectivity index (χ0n) is 27.4. The number of pyridine rings is 2. The van der Waals surface area contributed by atoms with E-state index in [0.717, 1.165) is 85.4 Å². The van der Waals surface area contributed by atoms with E-state index in [2.05, 4.69) is 30.8 Å². The van der Waals surface area contributed by atoms with Crippen LogP contribution in [0.25, 0.3) is 22.1 Å². The predicted octanol–water partition coefficient (Wildman–Crippen LogP) is 5.59. The summed E-state index contributed by atoms with van der Waals surface area (Å²) in [6, 6.07) is 0.667. The highest BCUT2D eigenvalue weighted by atomic mass is 16.5. The molecule has 0 atom stereocenters. The summed E-state index contributed by atoms with van der Waals surface area (Å²) in [5, 5.41) is 17.5. The molecule has 4 aromatic rings. The van der Waals surface area contributed by atoms with Gasteiger partial charge in [-0.3, -0.25) is 0 Å². The number of nitrogens with one attached hydrogen (secondary N) is 2. The van der Waals surface area contributed by atoms with Gasteiger partial charge < -0.3 is 24.8 Å². The van der Waals surface area contributed by atoms with Gasteiger partial charge in [0.2, 0.25) is 0 Å². The van der Waals surface area contributed by atoms with Crippen LogP contribution in [0.1, 0.15) is 93.4 Å². The van der Waals surface area contributed by atoms with Gasteiger partial charge in [0.1, 0.15) is 11.1 Å². The van der Waals surface area contributed by atoms with Crippen LogP contribution >= 0.6 is 0 Å². The molecule has 0 radical (unpaired) electrons. The van der Waals surface area contributed by atoms with Crippen LogP contribution in [0.3, 0.4) is 0 Å². The van der Waals surface area contributed by atoms with E-state index < -0.39 is 0 Å². The Morgan fingerprint density at radius 3 is 1.61 bits per heavy atom. The van der Waals surface area contributed by atoms with Crippen LogP contribution in [0.15, 0.2) is 24.8 Å². The molecule has 6 rings (SSSR count). The number of hydrogen-bond acceptors (Lipinski definition) is 11. The quantitative estimate of drug-likeness (QED) is 0.210. The number of rotatable bonds is 10. The number of ether oxygens (including phenoxy) is 3. The molecule has 0 unspecified atom stereocenters. The number of fused-ring (bicyclic) bond motifs is 2. The average molecular weight is 635 g/mol. The molecule has 0 aromatic carbocycles. The SMILES string of the molecule is CCOC(=O)c1cnc2c(cnn2CC)c1NC1CCCCC1.CCOC(=O)c1cnc2c(cnn2CC)c1NC1CCOCC1. The number of carbonyl (C=O) groups excluding carboxylic acids is 2. The third kappa shape index (κ3) is 7.41. The fourth-order valence-electron chi connectivity index (χ4n) is 6.05. The molecule has 1 aliphatic carbocycles. The lowest BCUT2D eigenvalue weighted by Gasteiger charge is -2.25. The Hall–Kier alpha value is -4.26. The third-order valence-electron chi connectivity index (χ3n) is 8.45. The molecule has 5 heterocycles. The highest BCUT2D eigenvalue weighted by Gasteiger charge is 2.24. The molecule has 0 amide bonds. The maximum atomic E-state index is 12.3. The van der Waals surface area contributed by atoms with Gasteiger partial charge in [0.05, 0.1) is 47.8 Å². The van der Waals surface area contributed by atoms with Crippen LogP contribution in [-0.2, 0) is 27.3 Å². The summed E-state index contributed by atoms with van der Waals surface area (Å²) in [4.78, 5) is 33.4. The van der Waals surface area contributed by atoms with Crippen LogP contribution in [-0.4, -0.2) is 80.0 Å². The summed E-state index contributed by atoms with van der Waals surface area (Å²) in [5.74, 6) is -0.690. The number of carbonyl (C=O) groups is 2. The molecule has 46 heavy (non-hydrogen) atoms. The summed E-state index contributed by atoms with van der Waals surface area (Å²) in [7, 11) is 0. The Morgan fingerprint density at radius 2 is 1.17 bits per heavy atom. The van der Waals surface area contributed by atoms with Crippen LogP contribution in [0.5, 0.6) is 0 Å². The van der Waals surface area contributed by atoms with Crippen molar-refractivity contribution in [2.75, 3.05) is 37.1 Å². The van der Waals surface area contributed by atoms with E-state index in [1.54, 1.807) is 31.7 Å². The lowest BCUT2D eigenvalue weighted by atomic mass is 9.95. The van der Waals surface area contributed by atoms with E-state index in [0.29, 0.717) is 30.4 Å². The minimum atomic E-state index is -0.360. The summed E-state index contributed by atoms with van der Waals surface area (Å²) in [5.41, 5.74) is 4.12. The normalized spacial score (nSPS) is 15.7. The van der Waals surface area contributed by atoms with Crippen LogP contribution in [0, 0.1) is 0 Å². The summed E-state index contributed by atoms with van der Waals surface area (Å²) in [6.07, 6.45) is 14.6. The molecule has 2 aliphatic rings. The number of nitrogens with zero attached hydrogens (tertiary/aromatic N) is 6. The van der Waals surface area contributed by atoms with Gasteiger partial charge in [-0.05, 0) is 53.4 Å². The van der Waals surface area contributed by atoms with E-state index in [-0.39, 0.29) is 18.0 Å². The number of esters is 2. The van der Waals surface area contributed by atoms with E-state index in [9.17, 15) is 9.59 Å². The van der Waals surface area contributed by atoms with Crippen molar-refractivity contribution in [2.45, 2.75) is 97.8 Å². The first kappa shape index (κ1) is 33.1. The van der Waals surface area contributed by atoms with Gasteiger partial charge >= 0.3 is 11.9 Å². The number of hydrogen-bond donors (Lipinski definition) is 2. The average Bonchev–Trinajstić information content (AvgIpc) is 3.71. The standard InChI is InChI=1S/C17H24N4O2.C16H22N4O3/c1-3-21-16-13(11-19-21)15(20-12-8-6-5-7-9-12)14(10-18-16)17(22)23-4-2;1-3-20-15-12(10-18-20)14(19-11-5-7-22-8-6-11)13(9-17-15)16(21)23-4-2/h10-12H,3-9H2,1-2H3,(H,18,20);9-11H,3-8H2,1-2H3,(H,17,19). The fraction of sp³-hybridized carbons (Fsp3) is 0.576. The Bertz CT molecular complexity index is 1500. The summed E-state index contributed by atoms with van der Waals surface area (Å²) < 4.78 is 19.4. The fourth-order valence-corrected chi connectivity index (χ4v) is 6.05. The smallest absolute Gasteiger partial charge is 0.341 e. The van der Waals surface area contributed by atoms with Crippen molar-refractivity contribution >= 4 is 45.4 Å². The molecule has 248 valence electrons. The van der Waals surface area contributed by atoms with Crippen molar-refractivity contribution in [1.82, 2.24) is 29.5 Å². The number of aromatic nitrogens is 6. The minimum Gasteiger partial charge on any atom is -0.462 e. The largest absolute Gasteiger partial charge is 0.462 e. The lowest BCUT2D eigenvalue weighted by molar-refractivity contribution is 0.0517. The van der Waals surface area contributed by atoms with Crippen LogP contribution < -0.4 is 10.6 Å². The van der Waals surface area contributed by atoms with Gasteiger partial charge in [0.25, 0.3) is 0 Å². The maximum absolute atomic E-state index is 12.3. The van der Waals surface area contributed by atoms with Gasteiger partial charge in [-0.15, -0.1) is 0 Å². The van der Waals surface area contributed by atoms with Crippen molar-refractivity contribution in [3.63, 3.8) is 0 Å². The Kier molecular flexibility index (Phi) is 11.4.